The molecule has 0 radical (unpaired) electrons. The van der Waals surface area contributed by atoms with Crippen molar-refractivity contribution in [3.8, 4) is 0 Å². The third-order valence-corrected chi connectivity index (χ3v) is 5.36. The Hall–Kier alpha value is -0.660. The molecule has 1 amide bonds. The van der Waals surface area contributed by atoms with Gasteiger partial charge in [-0.05, 0) is 31.6 Å². The molecule has 2 fully saturated rings. The van der Waals surface area contributed by atoms with Crippen molar-refractivity contribution < 1.29 is 13.2 Å². The van der Waals surface area contributed by atoms with Crippen molar-refractivity contribution in [2.24, 2.45) is 17.0 Å². The second kappa shape index (κ2) is 5.76. The van der Waals surface area contributed by atoms with Gasteiger partial charge in [0.2, 0.25) is 5.91 Å². The monoisotopic (exact) mass is 289 g/mol. The lowest BCUT2D eigenvalue weighted by Gasteiger charge is -2.36. The minimum Gasteiger partial charge on any atom is -0.340 e. The Morgan fingerprint density at radius 3 is 2.05 bits per heavy atom. The molecule has 0 bridgehead atoms. The van der Waals surface area contributed by atoms with Gasteiger partial charge in [-0.2, -0.15) is 12.7 Å². The van der Waals surface area contributed by atoms with Crippen LogP contribution in [0.4, 0.5) is 0 Å². The maximum atomic E-state index is 12.3. The van der Waals surface area contributed by atoms with E-state index in [-0.39, 0.29) is 11.8 Å². The zero-order valence-electron chi connectivity index (χ0n) is 11.4. The average molecular weight is 289 g/mol. The largest absolute Gasteiger partial charge is 0.340 e. The molecule has 1 saturated carbocycles. The Morgan fingerprint density at radius 1 is 1.05 bits per heavy atom. The van der Waals surface area contributed by atoms with Crippen molar-refractivity contribution in [2.75, 3.05) is 26.2 Å². The predicted octanol–water partition coefficient (Wildman–Crippen LogP) is 0.160. The summed E-state index contributed by atoms with van der Waals surface area (Å²) in [5.41, 5.74) is 0. The smallest absolute Gasteiger partial charge is 0.277 e. The fourth-order valence-corrected chi connectivity index (χ4v) is 3.60. The maximum absolute atomic E-state index is 12.3. The molecule has 0 unspecified atom stereocenters. The minimum atomic E-state index is -3.61. The third-order valence-electron chi connectivity index (χ3n) is 4.28. The van der Waals surface area contributed by atoms with Crippen molar-refractivity contribution in [3.63, 3.8) is 0 Å². The highest BCUT2D eigenvalue weighted by molar-refractivity contribution is 7.86. The molecule has 1 heterocycles. The van der Waals surface area contributed by atoms with Crippen molar-refractivity contribution in [2.45, 2.75) is 32.6 Å². The number of nitrogens with zero attached hydrogens (tertiary/aromatic N) is 2. The van der Waals surface area contributed by atoms with Crippen LogP contribution in [-0.2, 0) is 15.0 Å². The predicted molar refractivity (Wildman–Crippen MR) is 72.4 cm³/mol. The molecule has 110 valence electrons. The van der Waals surface area contributed by atoms with Gasteiger partial charge in [0.15, 0.2) is 0 Å². The van der Waals surface area contributed by atoms with Gasteiger partial charge in [-0.1, -0.05) is 6.92 Å². The van der Waals surface area contributed by atoms with Crippen LogP contribution in [0.5, 0.6) is 0 Å². The Morgan fingerprint density at radius 2 is 1.58 bits per heavy atom. The molecule has 6 nitrogen and oxygen atoms in total. The van der Waals surface area contributed by atoms with Crippen molar-refractivity contribution in [3.05, 3.63) is 0 Å². The van der Waals surface area contributed by atoms with E-state index in [1.807, 2.05) is 0 Å². The van der Waals surface area contributed by atoms with E-state index < -0.39 is 10.2 Å². The number of hydrogen-bond acceptors (Lipinski definition) is 3. The van der Waals surface area contributed by atoms with Crippen LogP contribution in [0.3, 0.4) is 0 Å². The van der Waals surface area contributed by atoms with Crippen molar-refractivity contribution in [1.82, 2.24) is 9.21 Å². The Labute approximate surface area is 115 Å². The van der Waals surface area contributed by atoms with Crippen LogP contribution in [0.1, 0.15) is 32.6 Å². The van der Waals surface area contributed by atoms with Crippen molar-refractivity contribution in [1.29, 1.82) is 0 Å². The molecule has 1 aliphatic carbocycles. The highest BCUT2D eigenvalue weighted by Crippen LogP contribution is 2.29. The summed E-state index contributed by atoms with van der Waals surface area (Å²) in [7, 11) is -3.61. The third kappa shape index (κ3) is 3.67. The van der Waals surface area contributed by atoms with Crippen molar-refractivity contribution >= 4 is 16.1 Å². The molecule has 2 rings (SSSR count). The highest BCUT2D eigenvalue weighted by atomic mass is 32.2. The van der Waals surface area contributed by atoms with Gasteiger partial charge in [-0.3, -0.25) is 4.79 Å². The zero-order chi connectivity index (χ0) is 14.0. The van der Waals surface area contributed by atoms with E-state index in [1.54, 1.807) is 4.90 Å². The first-order chi connectivity index (χ1) is 8.88. The minimum absolute atomic E-state index is 0.136. The molecule has 2 N–H and O–H groups in total. The quantitative estimate of drug-likeness (QED) is 0.786. The number of rotatable bonds is 2. The summed E-state index contributed by atoms with van der Waals surface area (Å²) < 4.78 is 23.6. The molecule has 0 spiro atoms. The van der Waals surface area contributed by atoms with Crippen LogP contribution in [0, 0.1) is 11.8 Å². The van der Waals surface area contributed by atoms with Crippen LogP contribution in [-0.4, -0.2) is 49.7 Å². The summed E-state index contributed by atoms with van der Waals surface area (Å²) in [5, 5.41) is 5.08. The van der Waals surface area contributed by atoms with Gasteiger partial charge in [0.05, 0.1) is 0 Å². The molecule has 0 atom stereocenters. The lowest BCUT2D eigenvalue weighted by atomic mass is 9.82. The summed E-state index contributed by atoms with van der Waals surface area (Å²) >= 11 is 0. The van der Waals surface area contributed by atoms with Gasteiger partial charge >= 0.3 is 0 Å². The van der Waals surface area contributed by atoms with Gasteiger partial charge in [0, 0.05) is 32.1 Å². The standard InChI is InChI=1S/C12H23N3O3S/c1-10-2-4-11(5-3-10)12(16)14-6-8-15(9-7-14)19(13,17)18/h10-11H,2-9H2,1H3,(H2,13,17,18). The number of amides is 1. The number of carbonyl (C=O) groups excluding carboxylic acids is 1. The number of nitrogens with two attached hydrogens (primary N) is 1. The summed E-state index contributed by atoms with van der Waals surface area (Å²) in [6, 6.07) is 0. The Balaban J connectivity index is 1.86. The molecule has 2 aliphatic rings. The van der Waals surface area contributed by atoms with Crippen LogP contribution in [0.2, 0.25) is 0 Å². The zero-order valence-corrected chi connectivity index (χ0v) is 12.2. The summed E-state index contributed by atoms with van der Waals surface area (Å²) in [4.78, 5) is 14.1. The van der Waals surface area contributed by atoms with Gasteiger partial charge in [-0.25, -0.2) is 5.14 Å². The first kappa shape index (κ1) is 14.7. The van der Waals surface area contributed by atoms with E-state index in [4.69, 9.17) is 5.14 Å². The normalized spacial score (nSPS) is 30.3. The highest BCUT2D eigenvalue weighted by Gasteiger charge is 2.31. The number of piperazine rings is 1. The topological polar surface area (TPSA) is 83.7 Å². The molecule has 1 aliphatic heterocycles. The van der Waals surface area contributed by atoms with E-state index >= 15 is 0 Å². The van der Waals surface area contributed by atoms with Gasteiger partial charge in [-0.15, -0.1) is 0 Å². The van der Waals surface area contributed by atoms with E-state index in [9.17, 15) is 13.2 Å². The number of carbonyl (C=O) groups is 1. The second-order valence-corrected chi connectivity index (χ2v) is 7.27. The fourth-order valence-electron chi connectivity index (χ4n) is 2.93. The van der Waals surface area contributed by atoms with Crippen LogP contribution in [0.25, 0.3) is 0 Å². The van der Waals surface area contributed by atoms with E-state index in [0.717, 1.165) is 31.6 Å². The molecule has 0 aromatic rings. The molecular formula is C12H23N3O3S. The molecule has 0 aromatic carbocycles. The first-order valence-electron chi connectivity index (χ1n) is 6.94. The maximum Gasteiger partial charge on any atom is 0.277 e. The molecule has 19 heavy (non-hydrogen) atoms. The van der Waals surface area contributed by atoms with Gasteiger partial charge < -0.3 is 4.90 Å². The molecule has 7 heteroatoms. The Bertz CT molecular complexity index is 422. The average Bonchev–Trinajstić information content (AvgIpc) is 2.38. The fraction of sp³-hybridized carbons (Fsp3) is 0.917. The molecular weight excluding hydrogens is 266 g/mol. The Kier molecular flexibility index (Phi) is 4.47. The summed E-state index contributed by atoms with van der Waals surface area (Å²) in [5.74, 6) is 1.06. The lowest BCUT2D eigenvalue weighted by molar-refractivity contribution is -0.138. The molecule has 0 aromatic heterocycles. The van der Waals surface area contributed by atoms with Crippen LogP contribution in [0.15, 0.2) is 0 Å². The summed E-state index contributed by atoms with van der Waals surface area (Å²) in [6.07, 6.45) is 4.17. The van der Waals surface area contributed by atoms with E-state index in [0.29, 0.717) is 26.2 Å². The number of hydrogen-bond donors (Lipinski definition) is 1. The summed E-state index contributed by atoms with van der Waals surface area (Å²) in [6.45, 7) is 3.77. The van der Waals surface area contributed by atoms with Gasteiger partial charge in [0.1, 0.15) is 0 Å². The van der Waals surface area contributed by atoms with Crippen LogP contribution < -0.4 is 5.14 Å². The van der Waals surface area contributed by atoms with E-state index in [1.165, 1.54) is 4.31 Å². The SMILES string of the molecule is CC1CCC(C(=O)N2CCN(S(N)(=O)=O)CC2)CC1. The molecule has 1 saturated heterocycles. The van der Waals surface area contributed by atoms with E-state index in [2.05, 4.69) is 6.92 Å². The van der Waals surface area contributed by atoms with Crippen LogP contribution >= 0.6 is 0 Å². The van der Waals surface area contributed by atoms with Gasteiger partial charge in [0.25, 0.3) is 10.2 Å². The second-order valence-electron chi connectivity index (χ2n) is 5.73. The lowest BCUT2D eigenvalue weighted by Crippen LogP contribution is -2.53. The first-order valence-corrected chi connectivity index (χ1v) is 8.45.